The number of anilines is 1. The Labute approximate surface area is 199 Å². The third-order valence-electron chi connectivity index (χ3n) is 5.47. The summed E-state index contributed by atoms with van der Waals surface area (Å²) in [5.74, 6) is 2.04. The Hall–Kier alpha value is -4.06. The van der Waals surface area contributed by atoms with Gasteiger partial charge in [-0.15, -0.1) is 0 Å². The Morgan fingerprint density at radius 1 is 0.941 bits per heavy atom. The van der Waals surface area contributed by atoms with Crippen molar-refractivity contribution in [1.29, 1.82) is 0 Å². The highest BCUT2D eigenvalue weighted by atomic mass is 16.5. The molecule has 0 aliphatic rings. The van der Waals surface area contributed by atoms with Crippen molar-refractivity contribution in [3.05, 3.63) is 101 Å². The SMILES string of the molecule is COC(=O)Cc1ccc(NCc2ccc(OCCc3nc(-c4ccccc4)oc3C)cc2)cc1. The average molecular weight is 457 g/mol. The molecular formula is C28H28N2O4. The number of hydrogen-bond acceptors (Lipinski definition) is 6. The van der Waals surface area contributed by atoms with Crippen LogP contribution in [0.3, 0.4) is 0 Å². The topological polar surface area (TPSA) is 73.6 Å². The van der Waals surface area contributed by atoms with E-state index in [1.807, 2.05) is 85.8 Å². The van der Waals surface area contributed by atoms with Crippen LogP contribution in [-0.4, -0.2) is 24.7 Å². The molecule has 3 aromatic carbocycles. The minimum absolute atomic E-state index is 0.240. The summed E-state index contributed by atoms with van der Waals surface area (Å²) in [5.41, 5.74) is 4.95. The fraction of sp³-hybridized carbons (Fsp3) is 0.214. The van der Waals surface area contributed by atoms with Gasteiger partial charge in [-0.25, -0.2) is 4.98 Å². The summed E-state index contributed by atoms with van der Waals surface area (Å²) in [5, 5.41) is 3.39. The first-order chi connectivity index (χ1) is 16.6. The summed E-state index contributed by atoms with van der Waals surface area (Å²) in [4.78, 5) is 16.0. The Morgan fingerprint density at radius 2 is 1.65 bits per heavy atom. The van der Waals surface area contributed by atoms with E-state index in [-0.39, 0.29) is 12.4 Å². The second-order valence-electron chi connectivity index (χ2n) is 7.93. The largest absolute Gasteiger partial charge is 0.493 e. The Kier molecular flexibility index (Phi) is 7.60. The molecule has 1 aromatic heterocycles. The molecule has 6 nitrogen and oxygen atoms in total. The lowest BCUT2D eigenvalue weighted by Crippen LogP contribution is -2.05. The quantitative estimate of drug-likeness (QED) is 0.313. The first kappa shape index (κ1) is 23.1. The molecule has 0 unspecified atom stereocenters. The van der Waals surface area contributed by atoms with Crippen molar-refractivity contribution < 1.29 is 18.7 Å². The summed E-state index contributed by atoms with van der Waals surface area (Å²) in [6, 6.07) is 25.7. The molecule has 0 radical (unpaired) electrons. The van der Waals surface area contributed by atoms with Gasteiger partial charge in [-0.2, -0.15) is 0 Å². The molecule has 0 spiro atoms. The van der Waals surface area contributed by atoms with Gasteiger partial charge in [0.15, 0.2) is 0 Å². The molecular weight excluding hydrogens is 428 g/mol. The molecule has 0 aliphatic carbocycles. The molecule has 0 saturated heterocycles. The number of benzene rings is 3. The van der Waals surface area contributed by atoms with Crippen molar-refractivity contribution in [3.8, 4) is 17.2 Å². The van der Waals surface area contributed by atoms with E-state index in [1.54, 1.807) is 0 Å². The van der Waals surface area contributed by atoms with E-state index in [0.29, 0.717) is 25.5 Å². The van der Waals surface area contributed by atoms with Crippen molar-refractivity contribution in [2.45, 2.75) is 26.3 Å². The number of aromatic nitrogens is 1. The predicted molar refractivity (Wildman–Crippen MR) is 132 cm³/mol. The molecule has 1 heterocycles. The number of carbonyl (C=O) groups is 1. The number of ether oxygens (including phenoxy) is 2. The van der Waals surface area contributed by atoms with E-state index in [1.165, 1.54) is 7.11 Å². The minimum atomic E-state index is -0.240. The molecule has 0 saturated carbocycles. The van der Waals surface area contributed by atoms with Crippen LogP contribution in [0, 0.1) is 6.92 Å². The second kappa shape index (κ2) is 11.2. The van der Waals surface area contributed by atoms with Gasteiger partial charge in [0.05, 0.1) is 25.8 Å². The number of nitrogens with one attached hydrogen (secondary N) is 1. The smallest absolute Gasteiger partial charge is 0.309 e. The monoisotopic (exact) mass is 456 g/mol. The number of oxazole rings is 1. The lowest BCUT2D eigenvalue weighted by molar-refractivity contribution is -0.139. The van der Waals surface area contributed by atoms with Gasteiger partial charge in [-0.1, -0.05) is 42.5 Å². The fourth-order valence-electron chi connectivity index (χ4n) is 3.52. The van der Waals surface area contributed by atoms with Gasteiger partial charge >= 0.3 is 5.97 Å². The Balaban J connectivity index is 1.24. The molecule has 0 fully saturated rings. The number of nitrogens with zero attached hydrogens (tertiary/aromatic N) is 1. The summed E-state index contributed by atoms with van der Waals surface area (Å²) in [6.45, 7) is 3.15. The molecule has 0 atom stereocenters. The van der Waals surface area contributed by atoms with E-state index in [2.05, 4.69) is 10.3 Å². The highest BCUT2D eigenvalue weighted by Crippen LogP contribution is 2.22. The molecule has 34 heavy (non-hydrogen) atoms. The van der Waals surface area contributed by atoms with Crippen LogP contribution in [-0.2, 0) is 28.9 Å². The summed E-state index contributed by atoms with van der Waals surface area (Å²) in [6.07, 6.45) is 0.958. The first-order valence-electron chi connectivity index (χ1n) is 11.2. The van der Waals surface area contributed by atoms with E-state index in [9.17, 15) is 4.79 Å². The maximum atomic E-state index is 11.4. The van der Waals surface area contributed by atoms with Crippen molar-refractivity contribution in [2.75, 3.05) is 19.0 Å². The number of aryl methyl sites for hydroxylation is 1. The van der Waals surface area contributed by atoms with Crippen LogP contribution in [0.15, 0.2) is 83.3 Å². The Morgan fingerprint density at radius 3 is 2.35 bits per heavy atom. The average Bonchev–Trinajstić information content (AvgIpc) is 3.25. The van der Waals surface area contributed by atoms with Gasteiger partial charge in [-0.3, -0.25) is 4.79 Å². The van der Waals surface area contributed by atoms with Crippen LogP contribution in [0.5, 0.6) is 5.75 Å². The second-order valence-corrected chi connectivity index (χ2v) is 7.93. The molecule has 1 N–H and O–H groups in total. The van der Waals surface area contributed by atoms with E-state index >= 15 is 0 Å². The lowest BCUT2D eigenvalue weighted by atomic mass is 10.1. The molecule has 4 aromatic rings. The van der Waals surface area contributed by atoms with Gasteiger partial charge in [0.1, 0.15) is 11.5 Å². The number of methoxy groups -OCH3 is 1. The fourth-order valence-corrected chi connectivity index (χ4v) is 3.52. The van der Waals surface area contributed by atoms with Gasteiger partial charge in [0, 0.05) is 24.2 Å². The third-order valence-corrected chi connectivity index (χ3v) is 5.47. The molecule has 174 valence electrons. The first-order valence-corrected chi connectivity index (χ1v) is 11.2. The van der Waals surface area contributed by atoms with Gasteiger partial charge in [-0.05, 0) is 54.4 Å². The summed E-state index contributed by atoms with van der Waals surface area (Å²) >= 11 is 0. The number of hydrogen-bond donors (Lipinski definition) is 1. The molecule has 6 heteroatoms. The van der Waals surface area contributed by atoms with Crippen LogP contribution < -0.4 is 10.1 Å². The molecule has 0 amide bonds. The van der Waals surface area contributed by atoms with Crippen molar-refractivity contribution in [3.63, 3.8) is 0 Å². The van der Waals surface area contributed by atoms with Crippen molar-refractivity contribution >= 4 is 11.7 Å². The van der Waals surface area contributed by atoms with Crippen LogP contribution in [0.4, 0.5) is 5.69 Å². The van der Waals surface area contributed by atoms with Crippen molar-refractivity contribution in [1.82, 2.24) is 4.98 Å². The maximum Gasteiger partial charge on any atom is 0.309 e. The van der Waals surface area contributed by atoms with Gasteiger partial charge < -0.3 is 19.2 Å². The molecule has 0 aliphatic heterocycles. The zero-order valence-corrected chi connectivity index (χ0v) is 19.4. The zero-order chi connectivity index (χ0) is 23.8. The number of carbonyl (C=O) groups excluding carboxylic acids is 1. The molecule has 4 rings (SSSR count). The van der Waals surface area contributed by atoms with Crippen LogP contribution >= 0.6 is 0 Å². The highest BCUT2D eigenvalue weighted by Gasteiger charge is 2.11. The standard InChI is InChI=1S/C28H28N2O4/c1-20-26(30-28(34-20)23-6-4-3-5-7-23)16-17-33-25-14-10-22(11-15-25)19-29-24-12-8-21(9-13-24)18-27(31)32-2/h3-15,29H,16-19H2,1-2H3. The van der Waals surface area contributed by atoms with Crippen LogP contribution in [0.2, 0.25) is 0 Å². The summed E-state index contributed by atoms with van der Waals surface area (Å²) < 4.78 is 16.4. The minimum Gasteiger partial charge on any atom is -0.493 e. The highest BCUT2D eigenvalue weighted by molar-refractivity contribution is 5.72. The van der Waals surface area contributed by atoms with E-state index in [0.717, 1.165) is 39.6 Å². The lowest BCUT2D eigenvalue weighted by Gasteiger charge is -2.09. The van der Waals surface area contributed by atoms with E-state index < -0.39 is 0 Å². The molecule has 0 bridgehead atoms. The van der Waals surface area contributed by atoms with Crippen LogP contribution in [0.1, 0.15) is 22.6 Å². The summed E-state index contributed by atoms with van der Waals surface area (Å²) in [7, 11) is 1.40. The number of esters is 1. The normalized spacial score (nSPS) is 10.6. The van der Waals surface area contributed by atoms with Crippen LogP contribution in [0.25, 0.3) is 11.5 Å². The third kappa shape index (κ3) is 6.25. The zero-order valence-electron chi connectivity index (χ0n) is 19.4. The van der Waals surface area contributed by atoms with Crippen molar-refractivity contribution in [2.24, 2.45) is 0 Å². The predicted octanol–water partition coefficient (Wildman–Crippen LogP) is 5.60. The van der Waals surface area contributed by atoms with Gasteiger partial charge in [0.25, 0.3) is 0 Å². The maximum absolute atomic E-state index is 11.4. The Bertz CT molecular complexity index is 1200. The van der Waals surface area contributed by atoms with Gasteiger partial charge in [0.2, 0.25) is 5.89 Å². The number of rotatable bonds is 10. The van der Waals surface area contributed by atoms with E-state index in [4.69, 9.17) is 13.9 Å².